The third kappa shape index (κ3) is 5.69. The van der Waals surface area contributed by atoms with Crippen molar-refractivity contribution in [3.63, 3.8) is 0 Å². The Bertz CT molecular complexity index is 1100. The number of hydrogen-bond donors (Lipinski definition) is 1. The van der Waals surface area contributed by atoms with Gasteiger partial charge in [0.15, 0.2) is 11.5 Å². The summed E-state index contributed by atoms with van der Waals surface area (Å²) in [6.07, 6.45) is 5.57. The molecule has 1 fully saturated rings. The van der Waals surface area contributed by atoms with Crippen LogP contribution in [0.5, 0.6) is 17.2 Å². The van der Waals surface area contributed by atoms with Crippen LogP contribution in [0.3, 0.4) is 0 Å². The number of nitrogens with one attached hydrogen (secondary N) is 1. The molecule has 1 aliphatic rings. The van der Waals surface area contributed by atoms with Gasteiger partial charge in [0.05, 0.1) is 31.5 Å². The maximum absolute atomic E-state index is 13.1. The number of barbiturate groups is 1. The van der Waals surface area contributed by atoms with Crippen LogP contribution in [-0.2, 0) is 9.59 Å². The Labute approximate surface area is 203 Å². The second-order valence-electron chi connectivity index (χ2n) is 7.60. The molecular formula is C25H27ClN2O6. The number of unbranched alkanes of at least 4 members (excludes halogenated alkanes) is 3. The number of halogens is 1. The zero-order valence-electron chi connectivity index (χ0n) is 19.4. The number of rotatable bonds is 10. The first-order valence-corrected chi connectivity index (χ1v) is 11.3. The zero-order chi connectivity index (χ0) is 24.7. The van der Waals surface area contributed by atoms with Gasteiger partial charge in [-0.3, -0.25) is 14.9 Å². The molecule has 1 heterocycles. The summed E-state index contributed by atoms with van der Waals surface area (Å²) >= 11 is 6.42. The molecule has 34 heavy (non-hydrogen) atoms. The number of carbonyl (C=O) groups excluding carboxylic acids is 3. The van der Waals surface area contributed by atoms with E-state index >= 15 is 0 Å². The van der Waals surface area contributed by atoms with E-state index in [1.165, 1.54) is 20.3 Å². The van der Waals surface area contributed by atoms with Crippen LogP contribution in [0.25, 0.3) is 6.08 Å². The van der Waals surface area contributed by atoms with Crippen molar-refractivity contribution in [3.05, 3.63) is 52.6 Å². The van der Waals surface area contributed by atoms with Crippen LogP contribution in [0.1, 0.15) is 38.2 Å². The van der Waals surface area contributed by atoms with E-state index in [0.29, 0.717) is 35.1 Å². The Morgan fingerprint density at radius 1 is 1.00 bits per heavy atom. The molecular weight excluding hydrogens is 460 g/mol. The van der Waals surface area contributed by atoms with Gasteiger partial charge in [-0.25, -0.2) is 9.69 Å². The highest BCUT2D eigenvalue weighted by Gasteiger charge is 2.36. The van der Waals surface area contributed by atoms with Crippen LogP contribution in [-0.4, -0.2) is 38.7 Å². The molecule has 0 bridgehead atoms. The molecule has 0 atom stereocenters. The Morgan fingerprint density at radius 3 is 2.38 bits per heavy atom. The van der Waals surface area contributed by atoms with Crippen LogP contribution in [0, 0.1) is 0 Å². The van der Waals surface area contributed by atoms with Crippen molar-refractivity contribution < 1.29 is 28.6 Å². The predicted molar refractivity (Wildman–Crippen MR) is 130 cm³/mol. The molecule has 8 nitrogen and oxygen atoms in total. The number of carbonyl (C=O) groups is 3. The summed E-state index contributed by atoms with van der Waals surface area (Å²) in [4.78, 5) is 38.8. The van der Waals surface area contributed by atoms with Crippen LogP contribution in [0.15, 0.2) is 42.0 Å². The van der Waals surface area contributed by atoms with Crippen molar-refractivity contribution in [1.82, 2.24) is 5.32 Å². The monoisotopic (exact) mass is 486 g/mol. The first-order valence-electron chi connectivity index (χ1n) is 11.0. The van der Waals surface area contributed by atoms with E-state index in [9.17, 15) is 14.4 Å². The van der Waals surface area contributed by atoms with E-state index in [2.05, 4.69) is 12.2 Å². The number of benzene rings is 2. The number of nitrogens with zero attached hydrogens (tertiary/aromatic N) is 1. The summed E-state index contributed by atoms with van der Waals surface area (Å²) in [5.74, 6) is -0.218. The predicted octanol–water partition coefficient (Wildman–Crippen LogP) is 4.98. The van der Waals surface area contributed by atoms with Crippen molar-refractivity contribution in [2.24, 2.45) is 0 Å². The van der Waals surface area contributed by atoms with E-state index in [0.717, 1.165) is 30.6 Å². The highest BCUT2D eigenvalue weighted by molar-refractivity contribution is 6.39. The molecule has 0 saturated carbocycles. The van der Waals surface area contributed by atoms with E-state index in [1.54, 1.807) is 36.4 Å². The molecule has 1 aliphatic heterocycles. The van der Waals surface area contributed by atoms with Gasteiger partial charge in [-0.05, 0) is 54.5 Å². The number of hydrogen-bond acceptors (Lipinski definition) is 6. The molecule has 180 valence electrons. The Morgan fingerprint density at radius 2 is 1.74 bits per heavy atom. The third-order valence-electron chi connectivity index (χ3n) is 5.24. The van der Waals surface area contributed by atoms with Gasteiger partial charge in [0.2, 0.25) is 0 Å². The summed E-state index contributed by atoms with van der Waals surface area (Å²) in [6.45, 7) is 2.63. The first kappa shape index (κ1) is 25.1. The van der Waals surface area contributed by atoms with E-state index in [1.807, 2.05) is 0 Å². The molecule has 2 aromatic carbocycles. The first-order chi connectivity index (χ1) is 16.4. The molecule has 0 radical (unpaired) electrons. The fraction of sp³-hybridized carbons (Fsp3) is 0.320. The van der Waals surface area contributed by atoms with Crippen molar-refractivity contribution in [3.8, 4) is 17.2 Å². The average molecular weight is 487 g/mol. The lowest BCUT2D eigenvalue weighted by atomic mass is 10.1. The normalized spacial score (nSPS) is 14.9. The summed E-state index contributed by atoms with van der Waals surface area (Å²) in [5, 5.41) is 2.48. The second kappa shape index (κ2) is 11.6. The number of ether oxygens (including phenoxy) is 3. The lowest BCUT2D eigenvalue weighted by Crippen LogP contribution is -2.54. The highest BCUT2D eigenvalue weighted by atomic mass is 35.5. The fourth-order valence-corrected chi connectivity index (χ4v) is 3.73. The van der Waals surface area contributed by atoms with E-state index in [-0.39, 0.29) is 10.6 Å². The molecule has 1 saturated heterocycles. The molecule has 4 amide bonds. The maximum atomic E-state index is 13.1. The van der Waals surface area contributed by atoms with Crippen LogP contribution >= 0.6 is 11.6 Å². The minimum Gasteiger partial charge on any atom is -0.497 e. The van der Waals surface area contributed by atoms with Crippen LogP contribution in [0.4, 0.5) is 10.5 Å². The lowest BCUT2D eigenvalue weighted by Gasteiger charge is -2.26. The van der Waals surface area contributed by atoms with Crippen LogP contribution < -0.4 is 24.4 Å². The lowest BCUT2D eigenvalue weighted by molar-refractivity contribution is -0.122. The van der Waals surface area contributed by atoms with Crippen molar-refractivity contribution in [2.75, 3.05) is 25.7 Å². The van der Waals surface area contributed by atoms with Gasteiger partial charge in [0, 0.05) is 0 Å². The second-order valence-corrected chi connectivity index (χ2v) is 8.01. The summed E-state index contributed by atoms with van der Waals surface area (Å²) in [5.41, 5.74) is 0.522. The van der Waals surface area contributed by atoms with Crippen molar-refractivity contribution in [2.45, 2.75) is 32.6 Å². The molecule has 2 aromatic rings. The van der Waals surface area contributed by atoms with Gasteiger partial charge in [0.1, 0.15) is 11.3 Å². The number of amides is 4. The van der Waals surface area contributed by atoms with E-state index in [4.69, 9.17) is 25.8 Å². The van der Waals surface area contributed by atoms with Crippen LogP contribution in [0.2, 0.25) is 5.02 Å². The van der Waals surface area contributed by atoms with Crippen molar-refractivity contribution >= 4 is 41.2 Å². The van der Waals surface area contributed by atoms with E-state index < -0.39 is 17.8 Å². The minimum atomic E-state index is -0.834. The largest absolute Gasteiger partial charge is 0.497 e. The average Bonchev–Trinajstić information content (AvgIpc) is 2.82. The quantitative estimate of drug-likeness (QED) is 0.289. The summed E-state index contributed by atoms with van der Waals surface area (Å²) in [6, 6.07) is 8.69. The molecule has 3 rings (SSSR count). The van der Waals surface area contributed by atoms with Gasteiger partial charge >= 0.3 is 6.03 Å². The van der Waals surface area contributed by atoms with Gasteiger partial charge in [-0.15, -0.1) is 0 Å². The van der Waals surface area contributed by atoms with Gasteiger partial charge < -0.3 is 14.2 Å². The molecule has 1 N–H and O–H groups in total. The Hall–Kier alpha value is -3.52. The number of methoxy groups -OCH3 is 2. The standard InChI is InChI=1S/C25H27ClN2O6/c1-4-5-6-7-12-34-22-20(26)14-16(15-21(22)33-3)13-19-23(29)27-25(31)28(24(19)30)17-8-10-18(32-2)11-9-17/h8-11,13-15H,4-7,12H2,1-3H3,(H,27,29,31)/b19-13+. The fourth-order valence-electron chi connectivity index (χ4n) is 3.46. The highest BCUT2D eigenvalue weighted by Crippen LogP contribution is 2.37. The summed E-state index contributed by atoms with van der Waals surface area (Å²) in [7, 11) is 2.99. The Balaban J connectivity index is 1.87. The molecule has 0 spiro atoms. The number of urea groups is 1. The third-order valence-corrected chi connectivity index (χ3v) is 5.52. The molecule has 0 unspecified atom stereocenters. The minimum absolute atomic E-state index is 0.221. The van der Waals surface area contributed by atoms with Crippen molar-refractivity contribution in [1.29, 1.82) is 0 Å². The zero-order valence-corrected chi connectivity index (χ0v) is 20.1. The van der Waals surface area contributed by atoms with Gasteiger partial charge in [-0.2, -0.15) is 0 Å². The summed E-state index contributed by atoms with van der Waals surface area (Å²) < 4.78 is 16.3. The smallest absolute Gasteiger partial charge is 0.335 e. The Kier molecular flexibility index (Phi) is 8.54. The topological polar surface area (TPSA) is 94.2 Å². The SMILES string of the molecule is CCCCCCOc1c(Cl)cc(/C=C2\C(=O)NC(=O)N(c3ccc(OC)cc3)C2=O)cc1OC. The van der Waals surface area contributed by atoms with Gasteiger partial charge in [-0.1, -0.05) is 37.8 Å². The maximum Gasteiger partial charge on any atom is 0.335 e. The van der Waals surface area contributed by atoms with Gasteiger partial charge in [0.25, 0.3) is 11.8 Å². The number of imide groups is 2. The number of anilines is 1. The molecule has 0 aromatic heterocycles. The molecule has 9 heteroatoms. The molecule has 0 aliphatic carbocycles.